The van der Waals surface area contributed by atoms with E-state index in [0.717, 1.165) is 10.5 Å². The van der Waals surface area contributed by atoms with Gasteiger partial charge in [0, 0.05) is 29.7 Å². The SMILES string of the molecule is C=C(C)CN(CC)C(=O)CSc1ccc(N)cc1OC. The third kappa shape index (κ3) is 4.81. The molecule has 0 aliphatic rings. The van der Waals surface area contributed by atoms with Crippen molar-refractivity contribution in [3.8, 4) is 5.75 Å². The molecule has 0 saturated heterocycles. The molecule has 1 rings (SSSR count). The maximum atomic E-state index is 12.1. The monoisotopic (exact) mass is 294 g/mol. The second kappa shape index (κ2) is 7.85. The second-order valence-electron chi connectivity index (χ2n) is 4.56. The third-order valence-electron chi connectivity index (χ3n) is 2.73. The van der Waals surface area contributed by atoms with Crippen LogP contribution in [0.25, 0.3) is 0 Å². The van der Waals surface area contributed by atoms with Crippen LogP contribution in [0.3, 0.4) is 0 Å². The van der Waals surface area contributed by atoms with E-state index in [2.05, 4.69) is 6.58 Å². The van der Waals surface area contributed by atoms with Crippen LogP contribution in [0.1, 0.15) is 13.8 Å². The summed E-state index contributed by atoms with van der Waals surface area (Å²) in [6.07, 6.45) is 0. The van der Waals surface area contributed by atoms with Gasteiger partial charge < -0.3 is 15.4 Å². The Balaban J connectivity index is 2.66. The smallest absolute Gasteiger partial charge is 0.233 e. The Morgan fingerprint density at radius 1 is 1.50 bits per heavy atom. The zero-order valence-corrected chi connectivity index (χ0v) is 13.1. The van der Waals surface area contributed by atoms with Gasteiger partial charge in [0.05, 0.1) is 12.9 Å². The summed E-state index contributed by atoms with van der Waals surface area (Å²) in [7, 11) is 1.60. The van der Waals surface area contributed by atoms with E-state index < -0.39 is 0 Å². The van der Waals surface area contributed by atoms with Gasteiger partial charge in [0.2, 0.25) is 5.91 Å². The molecule has 0 aromatic heterocycles. The van der Waals surface area contributed by atoms with E-state index in [1.54, 1.807) is 24.1 Å². The standard InChI is InChI=1S/C15H22N2O2S/c1-5-17(9-11(2)3)15(18)10-20-14-7-6-12(16)8-13(14)19-4/h6-8H,2,5,9-10,16H2,1,3-4H3. The van der Waals surface area contributed by atoms with Crippen molar-refractivity contribution in [1.82, 2.24) is 4.90 Å². The van der Waals surface area contributed by atoms with Crippen molar-refractivity contribution in [3.05, 3.63) is 30.4 Å². The lowest BCUT2D eigenvalue weighted by Gasteiger charge is -2.21. The zero-order chi connectivity index (χ0) is 15.1. The molecule has 2 N–H and O–H groups in total. The predicted octanol–water partition coefficient (Wildman–Crippen LogP) is 2.79. The number of methoxy groups -OCH3 is 1. The van der Waals surface area contributed by atoms with E-state index in [1.807, 2.05) is 19.9 Å². The molecule has 0 heterocycles. The van der Waals surface area contributed by atoms with Crippen molar-refractivity contribution >= 4 is 23.4 Å². The Morgan fingerprint density at radius 3 is 2.75 bits per heavy atom. The molecular weight excluding hydrogens is 272 g/mol. The molecule has 0 radical (unpaired) electrons. The van der Waals surface area contributed by atoms with Gasteiger partial charge >= 0.3 is 0 Å². The highest BCUT2D eigenvalue weighted by Crippen LogP contribution is 2.31. The lowest BCUT2D eigenvalue weighted by molar-refractivity contribution is -0.127. The first-order valence-corrected chi connectivity index (χ1v) is 7.45. The van der Waals surface area contributed by atoms with Crippen LogP contribution in [0.15, 0.2) is 35.2 Å². The van der Waals surface area contributed by atoms with Gasteiger partial charge in [0.15, 0.2) is 0 Å². The summed E-state index contributed by atoms with van der Waals surface area (Å²) in [6.45, 7) is 9.03. The largest absolute Gasteiger partial charge is 0.496 e. The molecule has 0 unspecified atom stereocenters. The molecule has 0 spiro atoms. The maximum absolute atomic E-state index is 12.1. The summed E-state index contributed by atoms with van der Waals surface area (Å²) in [4.78, 5) is 14.9. The van der Waals surface area contributed by atoms with Crippen LogP contribution in [0.5, 0.6) is 5.75 Å². The number of rotatable bonds is 7. The van der Waals surface area contributed by atoms with Gasteiger partial charge in [-0.05, 0) is 26.0 Å². The number of carbonyl (C=O) groups excluding carboxylic acids is 1. The van der Waals surface area contributed by atoms with E-state index in [1.165, 1.54) is 11.8 Å². The molecule has 110 valence electrons. The molecule has 0 bridgehead atoms. The molecule has 20 heavy (non-hydrogen) atoms. The van der Waals surface area contributed by atoms with Crippen molar-refractivity contribution in [3.63, 3.8) is 0 Å². The lowest BCUT2D eigenvalue weighted by Crippen LogP contribution is -2.33. The van der Waals surface area contributed by atoms with Crippen LogP contribution >= 0.6 is 11.8 Å². The molecule has 0 atom stereocenters. The molecule has 4 nitrogen and oxygen atoms in total. The summed E-state index contributed by atoms with van der Waals surface area (Å²) < 4.78 is 5.27. The number of hydrogen-bond donors (Lipinski definition) is 1. The molecule has 1 aromatic carbocycles. The zero-order valence-electron chi connectivity index (χ0n) is 12.3. The number of nitrogens with zero attached hydrogens (tertiary/aromatic N) is 1. The Morgan fingerprint density at radius 2 is 2.20 bits per heavy atom. The molecule has 0 saturated carbocycles. The normalized spacial score (nSPS) is 10.2. The molecule has 1 aromatic rings. The van der Waals surface area contributed by atoms with Gasteiger partial charge in [-0.15, -0.1) is 11.8 Å². The van der Waals surface area contributed by atoms with Crippen molar-refractivity contribution in [2.75, 3.05) is 31.7 Å². The summed E-state index contributed by atoms with van der Waals surface area (Å²) in [5.41, 5.74) is 7.34. The summed E-state index contributed by atoms with van der Waals surface area (Å²) in [6, 6.07) is 5.44. The summed E-state index contributed by atoms with van der Waals surface area (Å²) in [5, 5.41) is 0. The van der Waals surface area contributed by atoms with Crippen molar-refractivity contribution in [1.29, 1.82) is 0 Å². The minimum atomic E-state index is 0.0966. The number of ether oxygens (including phenoxy) is 1. The average Bonchev–Trinajstić information content (AvgIpc) is 2.42. The fourth-order valence-electron chi connectivity index (χ4n) is 1.74. The number of hydrogen-bond acceptors (Lipinski definition) is 4. The number of thioether (sulfide) groups is 1. The second-order valence-corrected chi connectivity index (χ2v) is 5.58. The molecule has 5 heteroatoms. The molecule has 0 fully saturated rings. The van der Waals surface area contributed by atoms with Crippen LogP contribution in [0, 0.1) is 0 Å². The van der Waals surface area contributed by atoms with E-state index in [4.69, 9.17) is 10.5 Å². The molecular formula is C15H22N2O2S. The lowest BCUT2D eigenvalue weighted by atomic mass is 10.3. The number of anilines is 1. The Kier molecular flexibility index (Phi) is 6.45. The number of carbonyl (C=O) groups is 1. The highest BCUT2D eigenvalue weighted by atomic mass is 32.2. The van der Waals surface area contributed by atoms with Crippen molar-refractivity contribution in [2.24, 2.45) is 0 Å². The van der Waals surface area contributed by atoms with Gasteiger partial charge in [-0.1, -0.05) is 12.2 Å². The van der Waals surface area contributed by atoms with Crippen LogP contribution in [-0.4, -0.2) is 36.8 Å². The molecule has 0 aliphatic heterocycles. The number of benzene rings is 1. The van der Waals surface area contributed by atoms with Crippen molar-refractivity contribution < 1.29 is 9.53 Å². The van der Waals surface area contributed by atoms with Crippen LogP contribution in [0.4, 0.5) is 5.69 Å². The number of amides is 1. The van der Waals surface area contributed by atoms with Gasteiger partial charge in [-0.3, -0.25) is 4.79 Å². The van der Waals surface area contributed by atoms with Gasteiger partial charge in [-0.2, -0.15) is 0 Å². The van der Waals surface area contributed by atoms with Gasteiger partial charge in [-0.25, -0.2) is 0 Å². The van der Waals surface area contributed by atoms with Gasteiger partial charge in [0.25, 0.3) is 0 Å². The van der Waals surface area contributed by atoms with Crippen molar-refractivity contribution in [2.45, 2.75) is 18.7 Å². The first-order valence-electron chi connectivity index (χ1n) is 6.46. The fraction of sp³-hybridized carbons (Fsp3) is 0.400. The first kappa shape index (κ1) is 16.4. The first-order chi connectivity index (χ1) is 9.47. The fourth-order valence-corrected chi connectivity index (χ4v) is 2.65. The van der Waals surface area contributed by atoms with Crippen LogP contribution < -0.4 is 10.5 Å². The topological polar surface area (TPSA) is 55.6 Å². The Bertz CT molecular complexity index is 489. The Hall–Kier alpha value is -1.62. The minimum Gasteiger partial charge on any atom is -0.496 e. The highest BCUT2D eigenvalue weighted by Gasteiger charge is 2.13. The summed E-state index contributed by atoms with van der Waals surface area (Å²) in [5.74, 6) is 1.17. The number of likely N-dealkylation sites (N-methyl/N-ethyl adjacent to an activating group) is 1. The van der Waals surface area contributed by atoms with E-state index in [-0.39, 0.29) is 5.91 Å². The van der Waals surface area contributed by atoms with E-state index in [9.17, 15) is 4.79 Å². The minimum absolute atomic E-state index is 0.0966. The average molecular weight is 294 g/mol. The quantitative estimate of drug-likeness (QED) is 0.477. The highest BCUT2D eigenvalue weighted by molar-refractivity contribution is 8.00. The maximum Gasteiger partial charge on any atom is 0.233 e. The third-order valence-corrected chi connectivity index (χ3v) is 3.77. The Labute approximate surface area is 125 Å². The summed E-state index contributed by atoms with van der Waals surface area (Å²) >= 11 is 1.46. The molecule has 1 amide bonds. The molecule has 0 aliphatic carbocycles. The van der Waals surface area contributed by atoms with E-state index in [0.29, 0.717) is 30.3 Å². The number of nitrogens with two attached hydrogens (primary N) is 1. The van der Waals surface area contributed by atoms with Crippen LogP contribution in [0.2, 0.25) is 0 Å². The predicted molar refractivity (Wildman–Crippen MR) is 85.2 cm³/mol. The van der Waals surface area contributed by atoms with Crippen LogP contribution in [-0.2, 0) is 4.79 Å². The van der Waals surface area contributed by atoms with Gasteiger partial charge in [0.1, 0.15) is 5.75 Å². The number of nitrogen functional groups attached to an aromatic ring is 1. The van der Waals surface area contributed by atoms with E-state index >= 15 is 0 Å².